The zero-order valence-electron chi connectivity index (χ0n) is 19.5. The summed E-state index contributed by atoms with van der Waals surface area (Å²) in [5, 5.41) is 2.47. The van der Waals surface area contributed by atoms with E-state index in [4.69, 9.17) is 16.3 Å². The van der Waals surface area contributed by atoms with Gasteiger partial charge in [0.1, 0.15) is 11.6 Å². The van der Waals surface area contributed by atoms with Gasteiger partial charge in [0.15, 0.2) is 6.61 Å². The molecule has 4 rings (SSSR count). The van der Waals surface area contributed by atoms with Gasteiger partial charge in [0.05, 0.1) is 11.4 Å². The van der Waals surface area contributed by atoms with E-state index in [2.05, 4.69) is 5.32 Å². The van der Waals surface area contributed by atoms with Gasteiger partial charge in [-0.3, -0.25) is 19.3 Å². The smallest absolute Gasteiger partial charge is 0.293 e. The molecule has 1 aliphatic heterocycles. The highest BCUT2D eigenvalue weighted by atomic mass is 35.5. The molecule has 0 aromatic heterocycles. The van der Waals surface area contributed by atoms with Crippen LogP contribution in [0.1, 0.15) is 22.3 Å². The lowest BCUT2D eigenvalue weighted by Crippen LogP contribution is -2.27. The van der Waals surface area contributed by atoms with Crippen LogP contribution in [0.4, 0.5) is 14.9 Å². The first-order valence-corrected chi connectivity index (χ1v) is 12.2. The molecule has 1 fully saturated rings. The lowest BCUT2D eigenvalue weighted by Gasteiger charge is -2.13. The number of halogens is 2. The minimum atomic E-state index is -0.503. The molecular formula is C27H22ClFN2O4S. The van der Waals surface area contributed by atoms with Crippen molar-refractivity contribution in [3.05, 3.63) is 98.7 Å². The second kappa shape index (κ2) is 11.0. The number of aryl methyl sites for hydroxylation is 2. The van der Waals surface area contributed by atoms with E-state index < -0.39 is 17.0 Å². The first-order valence-electron chi connectivity index (χ1n) is 11.0. The number of imide groups is 1. The Balaban J connectivity index is 1.45. The highest BCUT2D eigenvalue weighted by molar-refractivity contribution is 8.18. The second-order valence-corrected chi connectivity index (χ2v) is 9.58. The van der Waals surface area contributed by atoms with Gasteiger partial charge in [0, 0.05) is 16.3 Å². The number of amides is 3. The second-order valence-electron chi connectivity index (χ2n) is 8.18. The zero-order chi connectivity index (χ0) is 25.8. The van der Waals surface area contributed by atoms with Crippen LogP contribution in [-0.4, -0.2) is 28.6 Å². The summed E-state index contributed by atoms with van der Waals surface area (Å²) < 4.78 is 19.0. The van der Waals surface area contributed by atoms with E-state index in [-0.39, 0.29) is 29.0 Å². The summed E-state index contributed by atoms with van der Waals surface area (Å²) in [5.41, 5.74) is 3.87. The first kappa shape index (κ1) is 25.5. The molecule has 0 atom stereocenters. The van der Waals surface area contributed by atoms with Crippen molar-refractivity contribution in [3.8, 4) is 5.75 Å². The van der Waals surface area contributed by atoms with Crippen LogP contribution < -0.4 is 10.1 Å². The average Bonchev–Trinajstić information content (AvgIpc) is 3.10. The third-order valence-electron chi connectivity index (χ3n) is 5.57. The number of nitrogens with one attached hydrogen (secondary N) is 1. The average molecular weight is 525 g/mol. The standard InChI is InChI=1S/C27H22ClFN2O4S/c1-16-7-10-21(11-17(16)2)30-25(32)15-35-23-6-4-3-5-18(23)12-24-26(33)31(27(34)36-24)14-19-8-9-20(29)13-22(19)28/h3-13H,14-15H2,1-2H3,(H,30,32)/b24-12-. The maximum atomic E-state index is 13.3. The quantitative estimate of drug-likeness (QED) is 0.364. The molecule has 0 spiro atoms. The number of thioether (sulfide) groups is 1. The molecule has 0 bridgehead atoms. The first-order chi connectivity index (χ1) is 17.2. The third-order valence-corrected chi connectivity index (χ3v) is 6.83. The Kier molecular flexibility index (Phi) is 7.76. The van der Waals surface area contributed by atoms with Crippen LogP contribution in [-0.2, 0) is 16.1 Å². The number of hydrogen-bond donors (Lipinski definition) is 1. The largest absolute Gasteiger partial charge is 0.483 e. The van der Waals surface area contributed by atoms with Crippen molar-refractivity contribution in [2.45, 2.75) is 20.4 Å². The number of nitrogens with zero attached hydrogens (tertiary/aromatic N) is 1. The molecule has 184 valence electrons. The van der Waals surface area contributed by atoms with Crippen LogP contribution >= 0.6 is 23.4 Å². The van der Waals surface area contributed by atoms with Gasteiger partial charge in [0.25, 0.3) is 17.1 Å². The molecule has 3 aromatic rings. The summed E-state index contributed by atoms with van der Waals surface area (Å²) in [5.74, 6) is -0.935. The molecule has 1 saturated heterocycles. The molecular weight excluding hydrogens is 503 g/mol. The van der Waals surface area contributed by atoms with Crippen molar-refractivity contribution < 1.29 is 23.5 Å². The van der Waals surface area contributed by atoms with Gasteiger partial charge in [0.2, 0.25) is 0 Å². The topological polar surface area (TPSA) is 75.7 Å². The maximum absolute atomic E-state index is 13.3. The number of rotatable bonds is 7. The van der Waals surface area contributed by atoms with E-state index in [1.807, 2.05) is 32.0 Å². The Labute approximate surface area is 217 Å². The summed E-state index contributed by atoms with van der Waals surface area (Å²) in [6.45, 7) is 3.65. The van der Waals surface area contributed by atoms with Gasteiger partial charge in [-0.05, 0) is 78.7 Å². The van der Waals surface area contributed by atoms with E-state index in [9.17, 15) is 18.8 Å². The summed E-state index contributed by atoms with van der Waals surface area (Å²) in [6.07, 6.45) is 1.55. The third kappa shape index (κ3) is 5.95. The van der Waals surface area contributed by atoms with Crippen LogP contribution in [0.25, 0.3) is 6.08 Å². The Morgan fingerprint density at radius 2 is 1.86 bits per heavy atom. The molecule has 0 aliphatic carbocycles. The highest BCUT2D eigenvalue weighted by Gasteiger charge is 2.35. The van der Waals surface area contributed by atoms with Crippen molar-refractivity contribution >= 4 is 52.2 Å². The predicted molar refractivity (Wildman–Crippen MR) is 139 cm³/mol. The van der Waals surface area contributed by atoms with Gasteiger partial charge < -0.3 is 10.1 Å². The summed E-state index contributed by atoms with van der Waals surface area (Å²) in [6, 6.07) is 16.3. The SMILES string of the molecule is Cc1ccc(NC(=O)COc2ccccc2/C=C2\SC(=O)N(Cc3ccc(F)cc3Cl)C2=O)cc1C. The normalized spacial score (nSPS) is 14.4. The fourth-order valence-corrected chi connectivity index (χ4v) is 4.54. The molecule has 9 heteroatoms. The van der Waals surface area contributed by atoms with E-state index in [1.165, 1.54) is 12.1 Å². The minimum absolute atomic E-state index is 0.0715. The summed E-state index contributed by atoms with van der Waals surface area (Å²) >= 11 is 6.85. The van der Waals surface area contributed by atoms with Gasteiger partial charge in [-0.1, -0.05) is 41.9 Å². The number of carbonyl (C=O) groups excluding carboxylic acids is 3. The van der Waals surface area contributed by atoms with Gasteiger partial charge in [-0.2, -0.15) is 0 Å². The highest BCUT2D eigenvalue weighted by Crippen LogP contribution is 2.35. The van der Waals surface area contributed by atoms with Crippen molar-refractivity contribution in [2.24, 2.45) is 0 Å². The number of ether oxygens (including phenoxy) is 1. The number of benzene rings is 3. The van der Waals surface area contributed by atoms with Gasteiger partial charge in [-0.15, -0.1) is 0 Å². The molecule has 3 aromatic carbocycles. The fourth-order valence-electron chi connectivity index (χ4n) is 3.49. The van der Waals surface area contributed by atoms with E-state index in [0.29, 0.717) is 22.6 Å². The minimum Gasteiger partial charge on any atom is -0.483 e. The van der Waals surface area contributed by atoms with Crippen LogP contribution in [0, 0.1) is 19.7 Å². The number of anilines is 1. The molecule has 1 N–H and O–H groups in total. The molecule has 1 aliphatic rings. The van der Waals surface area contributed by atoms with Crippen molar-refractivity contribution in [1.29, 1.82) is 0 Å². The number of para-hydroxylation sites is 1. The Hall–Kier alpha value is -3.62. The molecule has 3 amide bonds. The molecule has 0 radical (unpaired) electrons. The van der Waals surface area contributed by atoms with Gasteiger partial charge in [-0.25, -0.2) is 4.39 Å². The zero-order valence-corrected chi connectivity index (χ0v) is 21.1. The van der Waals surface area contributed by atoms with E-state index >= 15 is 0 Å². The molecule has 0 saturated carbocycles. The monoisotopic (exact) mass is 524 g/mol. The Bertz CT molecular complexity index is 1390. The van der Waals surface area contributed by atoms with E-state index in [0.717, 1.165) is 33.9 Å². The van der Waals surface area contributed by atoms with Crippen LogP contribution in [0.5, 0.6) is 5.75 Å². The Morgan fingerprint density at radius 3 is 2.61 bits per heavy atom. The predicted octanol–water partition coefficient (Wildman–Crippen LogP) is 6.35. The molecule has 6 nitrogen and oxygen atoms in total. The lowest BCUT2D eigenvalue weighted by atomic mass is 10.1. The molecule has 36 heavy (non-hydrogen) atoms. The number of hydrogen-bond acceptors (Lipinski definition) is 5. The Morgan fingerprint density at radius 1 is 1.08 bits per heavy atom. The lowest BCUT2D eigenvalue weighted by molar-refractivity contribution is -0.123. The molecule has 0 unspecified atom stereocenters. The number of carbonyl (C=O) groups is 3. The summed E-state index contributed by atoms with van der Waals surface area (Å²) in [7, 11) is 0. The van der Waals surface area contributed by atoms with Crippen LogP contribution in [0.15, 0.2) is 65.6 Å². The van der Waals surface area contributed by atoms with Crippen LogP contribution in [0.3, 0.4) is 0 Å². The summed E-state index contributed by atoms with van der Waals surface area (Å²) in [4.78, 5) is 39.1. The van der Waals surface area contributed by atoms with Gasteiger partial charge >= 0.3 is 0 Å². The van der Waals surface area contributed by atoms with Crippen molar-refractivity contribution in [3.63, 3.8) is 0 Å². The van der Waals surface area contributed by atoms with Crippen molar-refractivity contribution in [1.82, 2.24) is 4.90 Å². The van der Waals surface area contributed by atoms with Crippen molar-refractivity contribution in [2.75, 3.05) is 11.9 Å². The fraction of sp³-hybridized carbons (Fsp3) is 0.148. The maximum Gasteiger partial charge on any atom is 0.293 e. The van der Waals surface area contributed by atoms with Crippen LogP contribution in [0.2, 0.25) is 5.02 Å². The van der Waals surface area contributed by atoms with E-state index in [1.54, 1.807) is 30.3 Å². The molecule has 1 heterocycles.